The first kappa shape index (κ1) is 16.8. The van der Waals surface area contributed by atoms with Gasteiger partial charge in [0.2, 0.25) is 5.91 Å². The van der Waals surface area contributed by atoms with E-state index in [0.717, 1.165) is 25.0 Å². The predicted octanol–water partition coefficient (Wildman–Crippen LogP) is 2.01. The molecule has 1 aromatic carbocycles. The van der Waals surface area contributed by atoms with E-state index in [1.54, 1.807) is 19.1 Å². The maximum Gasteiger partial charge on any atom is 0.338 e. The number of esters is 1. The number of ether oxygens (including phenoxy) is 3. The second-order valence-corrected chi connectivity index (χ2v) is 6.07. The fraction of sp³-hybridized carbons (Fsp3) is 0.556. The van der Waals surface area contributed by atoms with E-state index in [1.807, 2.05) is 11.0 Å². The Balaban J connectivity index is 1.73. The molecule has 6 nitrogen and oxygen atoms in total. The van der Waals surface area contributed by atoms with Gasteiger partial charge in [-0.2, -0.15) is 0 Å². The van der Waals surface area contributed by atoms with Gasteiger partial charge in [-0.25, -0.2) is 4.79 Å². The van der Waals surface area contributed by atoms with Crippen LogP contribution < -0.4 is 4.74 Å². The van der Waals surface area contributed by atoms with Crippen molar-refractivity contribution in [2.24, 2.45) is 5.92 Å². The molecule has 0 radical (unpaired) electrons. The van der Waals surface area contributed by atoms with Gasteiger partial charge in [-0.05, 0) is 31.9 Å². The van der Waals surface area contributed by atoms with Crippen molar-refractivity contribution in [3.05, 3.63) is 29.3 Å². The highest BCUT2D eigenvalue weighted by Gasteiger charge is 2.28. The largest absolute Gasteiger partial charge is 0.491 e. The fourth-order valence-corrected chi connectivity index (χ4v) is 3.09. The molecule has 0 N–H and O–H groups in total. The maximum atomic E-state index is 12.7. The molecule has 24 heavy (non-hydrogen) atoms. The van der Waals surface area contributed by atoms with Crippen LogP contribution in [0.5, 0.6) is 5.75 Å². The second kappa shape index (κ2) is 7.66. The van der Waals surface area contributed by atoms with Gasteiger partial charge in [0.1, 0.15) is 12.4 Å². The summed E-state index contributed by atoms with van der Waals surface area (Å²) >= 11 is 0. The van der Waals surface area contributed by atoms with Gasteiger partial charge in [-0.3, -0.25) is 4.79 Å². The second-order valence-electron chi connectivity index (χ2n) is 6.07. The van der Waals surface area contributed by atoms with E-state index >= 15 is 0 Å². The average molecular weight is 333 g/mol. The molecular formula is C18H23NO5. The van der Waals surface area contributed by atoms with Gasteiger partial charge in [-0.15, -0.1) is 0 Å². The van der Waals surface area contributed by atoms with Crippen molar-refractivity contribution in [2.45, 2.75) is 26.3 Å². The van der Waals surface area contributed by atoms with Crippen molar-refractivity contribution < 1.29 is 23.8 Å². The number of carbonyl (C=O) groups excluding carboxylic acids is 2. The van der Waals surface area contributed by atoms with Gasteiger partial charge in [0, 0.05) is 18.7 Å². The molecule has 1 atom stereocenters. The number of hydrogen-bond donors (Lipinski definition) is 0. The normalized spacial score (nSPS) is 20.5. The van der Waals surface area contributed by atoms with Gasteiger partial charge in [-0.1, -0.05) is 6.07 Å². The Morgan fingerprint density at radius 1 is 1.33 bits per heavy atom. The summed E-state index contributed by atoms with van der Waals surface area (Å²) in [5, 5.41) is 0. The zero-order valence-corrected chi connectivity index (χ0v) is 14.0. The summed E-state index contributed by atoms with van der Waals surface area (Å²) < 4.78 is 16.2. The molecule has 0 aromatic heterocycles. The number of benzene rings is 1. The molecule has 1 saturated heterocycles. The summed E-state index contributed by atoms with van der Waals surface area (Å²) in [7, 11) is 0. The quantitative estimate of drug-likeness (QED) is 0.792. The topological polar surface area (TPSA) is 65.1 Å². The number of fused-ring (bicyclic) bond motifs is 1. The maximum absolute atomic E-state index is 12.7. The highest BCUT2D eigenvalue weighted by atomic mass is 16.5. The van der Waals surface area contributed by atoms with Crippen LogP contribution in [0.25, 0.3) is 0 Å². The monoisotopic (exact) mass is 333 g/mol. The van der Waals surface area contributed by atoms with Gasteiger partial charge in [0.15, 0.2) is 0 Å². The van der Waals surface area contributed by atoms with Crippen molar-refractivity contribution in [1.82, 2.24) is 4.90 Å². The van der Waals surface area contributed by atoms with Gasteiger partial charge in [0.05, 0.1) is 31.2 Å². The van der Waals surface area contributed by atoms with E-state index in [4.69, 9.17) is 14.2 Å². The number of hydrogen-bond acceptors (Lipinski definition) is 5. The summed E-state index contributed by atoms with van der Waals surface area (Å²) in [5.74, 6) is 0.357. The van der Waals surface area contributed by atoms with E-state index in [1.165, 1.54) is 0 Å². The first-order valence-corrected chi connectivity index (χ1v) is 8.48. The van der Waals surface area contributed by atoms with E-state index < -0.39 is 0 Å². The third-order valence-electron chi connectivity index (χ3n) is 4.38. The minimum atomic E-state index is -0.361. The zero-order valence-electron chi connectivity index (χ0n) is 14.0. The van der Waals surface area contributed by atoms with Gasteiger partial charge < -0.3 is 19.1 Å². The van der Waals surface area contributed by atoms with Crippen LogP contribution in [0, 0.1) is 5.92 Å². The first-order chi connectivity index (χ1) is 11.7. The highest BCUT2D eigenvalue weighted by Crippen LogP contribution is 2.27. The number of carbonyl (C=O) groups is 2. The SMILES string of the molecule is CCOC(=O)c1ccc2c(c1)OCCN(C(=O)[C@H]1CCCOC1)C2. The lowest BCUT2D eigenvalue weighted by Gasteiger charge is -2.28. The molecule has 6 heteroatoms. The van der Waals surface area contributed by atoms with Crippen LogP contribution >= 0.6 is 0 Å². The molecule has 0 aliphatic carbocycles. The Kier molecular flexibility index (Phi) is 5.35. The molecular weight excluding hydrogens is 310 g/mol. The Morgan fingerprint density at radius 2 is 2.21 bits per heavy atom. The van der Waals surface area contributed by atoms with Crippen molar-refractivity contribution in [2.75, 3.05) is 33.0 Å². The molecule has 2 heterocycles. The zero-order chi connectivity index (χ0) is 16.9. The lowest BCUT2D eigenvalue weighted by molar-refractivity contribution is -0.140. The fourth-order valence-electron chi connectivity index (χ4n) is 3.09. The molecule has 0 saturated carbocycles. The van der Waals surface area contributed by atoms with Crippen LogP contribution in [-0.4, -0.2) is 49.7 Å². The van der Waals surface area contributed by atoms with Crippen LogP contribution in [0.4, 0.5) is 0 Å². The van der Waals surface area contributed by atoms with Crippen molar-refractivity contribution in [3.8, 4) is 5.75 Å². The minimum absolute atomic E-state index is 0.0564. The third kappa shape index (κ3) is 3.70. The van der Waals surface area contributed by atoms with E-state index in [9.17, 15) is 9.59 Å². The average Bonchev–Trinajstić information content (AvgIpc) is 2.83. The molecule has 0 bridgehead atoms. The smallest absolute Gasteiger partial charge is 0.338 e. The Labute approximate surface area is 141 Å². The third-order valence-corrected chi connectivity index (χ3v) is 4.38. The van der Waals surface area contributed by atoms with Crippen LogP contribution in [0.15, 0.2) is 18.2 Å². The van der Waals surface area contributed by atoms with E-state index in [2.05, 4.69) is 0 Å². The Hall–Kier alpha value is -2.08. The molecule has 1 amide bonds. The molecule has 3 rings (SSSR count). The summed E-state index contributed by atoms with van der Waals surface area (Å²) in [6, 6.07) is 5.26. The van der Waals surface area contributed by atoms with Crippen molar-refractivity contribution in [1.29, 1.82) is 0 Å². The first-order valence-electron chi connectivity index (χ1n) is 8.48. The Morgan fingerprint density at radius 3 is 2.96 bits per heavy atom. The molecule has 0 unspecified atom stereocenters. The minimum Gasteiger partial charge on any atom is -0.491 e. The lowest BCUT2D eigenvalue weighted by atomic mass is 10.00. The summed E-state index contributed by atoms with van der Waals surface area (Å²) in [5.41, 5.74) is 1.38. The predicted molar refractivity (Wildman–Crippen MR) is 86.9 cm³/mol. The van der Waals surface area contributed by atoms with Gasteiger partial charge in [0.25, 0.3) is 0 Å². The standard InChI is InChI=1S/C18H23NO5/c1-2-23-18(21)13-5-6-14-11-19(7-9-24-16(14)10-13)17(20)15-4-3-8-22-12-15/h5-6,10,15H,2-4,7-9,11-12H2,1H3/t15-/m0/s1. The number of rotatable bonds is 3. The number of nitrogens with zero attached hydrogens (tertiary/aromatic N) is 1. The van der Waals surface area contributed by atoms with Crippen LogP contribution in [0.1, 0.15) is 35.7 Å². The molecule has 2 aliphatic rings. The van der Waals surface area contributed by atoms with Crippen LogP contribution in [0.2, 0.25) is 0 Å². The van der Waals surface area contributed by atoms with E-state index in [-0.39, 0.29) is 17.8 Å². The highest BCUT2D eigenvalue weighted by molar-refractivity contribution is 5.90. The van der Waals surface area contributed by atoms with Crippen LogP contribution in [-0.2, 0) is 20.8 Å². The summed E-state index contributed by atoms with van der Waals surface area (Å²) in [6.45, 7) is 4.81. The molecule has 1 aromatic rings. The number of amides is 1. The van der Waals surface area contributed by atoms with Gasteiger partial charge >= 0.3 is 5.97 Å². The van der Waals surface area contributed by atoms with Crippen LogP contribution in [0.3, 0.4) is 0 Å². The molecule has 2 aliphatic heterocycles. The lowest BCUT2D eigenvalue weighted by Crippen LogP contribution is -2.40. The summed E-state index contributed by atoms with van der Waals surface area (Å²) in [6.07, 6.45) is 1.81. The summed E-state index contributed by atoms with van der Waals surface area (Å²) in [4.78, 5) is 26.4. The van der Waals surface area contributed by atoms with Crippen molar-refractivity contribution in [3.63, 3.8) is 0 Å². The van der Waals surface area contributed by atoms with Crippen molar-refractivity contribution >= 4 is 11.9 Å². The molecule has 130 valence electrons. The van der Waals surface area contributed by atoms with E-state index in [0.29, 0.717) is 44.2 Å². The Bertz CT molecular complexity index is 609. The molecule has 0 spiro atoms. The molecule has 1 fully saturated rings.